The molecule has 50 heavy (non-hydrogen) atoms. The van der Waals surface area contributed by atoms with Gasteiger partial charge in [-0.1, -0.05) is 245 Å². The molecule has 1 atom stereocenters. The highest BCUT2D eigenvalue weighted by Gasteiger charge is 2.17. The van der Waals surface area contributed by atoms with Crippen molar-refractivity contribution in [1.82, 2.24) is 4.57 Å². The van der Waals surface area contributed by atoms with Gasteiger partial charge in [-0.3, -0.25) is 0 Å². The maximum Gasteiger partial charge on any atom is 0.243 e. The van der Waals surface area contributed by atoms with E-state index < -0.39 is 0 Å². The third-order valence-electron chi connectivity index (χ3n) is 11.9. The summed E-state index contributed by atoms with van der Waals surface area (Å²) in [5.74, 6) is 0.983. The molecule has 0 spiro atoms. The van der Waals surface area contributed by atoms with Crippen molar-refractivity contribution in [2.45, 2.75) is 277 Å². The largest absolute Gasteiger partial charge is 0.243 e. The topological polar surface area (TPSA) is 8.81 Å². The normalized spacial score (nSPS) is 12.4. The van der Waals surface area contributed by atoms with Crippen molar-refractivity contribution in [3.05, 3.63) is 18.7 Å². The van der Waals surface area contributed by atoms with Gasteiger partial charge < -0.3 is 0 Å². The molecule has 296 valence electrons. The van der Waals surface area contributed by atoms with Crippen LogP contribution in [0.2, 0.25) is 0 Å². The Hall–Kier alpha value is -0.790. The van der Waals surface area contributed by atoms with Crippen molar-refractivity contribution in [3.8, 4) is 0 Å². The molecule has 0 bridgehead atoms. The van der Waals surface area contributed by atoms with Crippen LogP contribution in [0.15, 0.2) is 18.7 Å². The van der Waals surface area contributed by atoms with Crippen LogP contribution in [0.5, 0.6) is 0 Å². The predicted octanol–water partition coefficient (Wildman–Crippen LogP) is 16.7. The summed E-state index contributed by atoms with van der Waals surface area (Å²) >= 11 is 0. The fraction of sp³-hybridized carbons (Fsp3) is 0.938. The van der Waals surface area contributed by atoms with Crippen LogP contribution in [-0.4, -0.2) is 4.57 Å². The summed E-state index contributed by atoms with van der Waals surface area (Å²) in [6.45, 7) is 6.96. The molecule has 0 amide bonds. The van der Waals surface area contributed by atoms with Crippen molar-refractivity contribution >= 4 is 0 Å². The number of nitrogens with zero attached hydrogens (tertiary/aromatic N) is 2. The first-order chi connectivity index (χ1) is 24.7. The highest BCUT2D eigenvalue weighted by atomic mass is 15.1. The van der Waals surface area contributed by atoms with Crippen molar-refractivity contribution in [2.24, 2.45) is 13.0 Å². The fourth-order valence-corrected chi connectivity index (χ4v) is 8.44. The van der Waals surface area contributed by atoms with Crippen LogP contribution < -0.4 is 4.57 Å². The van der Waals surface area contributed by atoms with Gasteiger partial charge in [0, 0.05) is 0 Å². The van der Waals surface area contributed by atoms with Gasteiger partial charge in [0.2, 0.25) is 6.33 Å². The van der Waals surface area contributed by atoms with Gasteiger partial charge in [-0.2, -0.15) is 0 Å². The number of unbranched alkanes of at least 4 members (excludes halogenated alkanes) is 30. The Balaban J connectivity index is 2.36. The van der Waals surface area contributed by atoms with E-state index in [0.29, 0.717) is 6.04 Å². The lowest BCUT2D eigenvalue weighted by atomic mass is 9.89. The van der Waals surface area contributed by atoms with Crippen LogP contribution in [0.3, 0.4) is 0 Å². The summed E-state index contributed by atoms with van der Waals surface area (Å²) in [7, 11) is 2.18. The Morgan fingerprint density at radius 3 is 0.920 bits per heavy atom. The zero-order chi connectivity index (χ0) is 36.0. The third kappa shape index (κ3) is 30.8. The minimum Gasteiger partial charge on any atom is -0.240 e. The number of aryl methyl sites for hydroxylation is 1. The van der Waals surface area contributed by atoms with Crippen LogP contribution in [-0.2, 0) is 7.05 Å². The molecule has 0 aromatic carbocycles. The number of rotatable bonds is 41. The second-order valence-corrected chi connectivity index (χ2v) is 16.9. The smallest absolute Gasteiger partial charge is 0.240 e. The van der Waals surface area contributed by atoms with Gasteiger partial charge in [0.1, 0.15) is 18.4 Å². The van der Waals surface area contributed by atoms with Crippen LogP contribution in [0, 0.1) is 5.92 Å². The van der Waals surface area contributed by atoms with Gasteiger partial charge in [0.15, 0.2) is 0 Å². The highest BCUT2D eigenvalue weighted by molar-refractivity contribution is 4.76. The van der Waals surface area contributed by atoms with E-state index in [1.807, 2.05) is 0 Å². The zero-order valence-electron chi connectivity index (χ0n) is 35.4. The SMILES string of the molecule is CCCCCCCCCCCCCCC(CCCCCCCCCCCCCC)CCCCC(CCCCCCCCCC)n1cc[n+](C)c1. The van der Waals surface area contributed by atoms with E-state index in [4.69, 9.17) is 0 Å². The maximum atomic E-state index is 2.54. The number of hydrogen-bond acceptors (Lipinski definition) is 0. The highest BCUT2D eigenvalue weighted by Crippen LogP contribution is 2.28. The number of hydrogen-bond donors (Lipinski definition) is 0. The first-order valence-electron chi connectivity index (χ1n) is 23.7. The Morgan fingerprint density at radius 1 is 0.360 bits per heavy atom. The van der Waals surface area contributed by atoms with E-state index >= 15 is 0 Å². The molecule has 2 nitrogen and oxygen atoms in total. The van der Waals surface area contributed by atoms with Crippen LogP contribution in [0.25, 0.3) is 0 Å². The van der Waals surface area contributed by atoms with E-state index in [0.717, 1.165) is 5.92 Å². The summed E-state index contributed by atoms with van der Waals surface area (Å²) in [5.41, 5.74) is 0. The zero-order valence-corrected chi connectivity index (χ0v) is 35.4. The van der Waals surface area contributed by atoms with Crippen molar-refractivity contribution < 1.29 is 4.57 Å². The first-order valence-corrected chi connectivity index (χ1v) is 23.7. The second kappa shape index (κ2) is 38.0. The molecule has 2 heteroatoms. The maximum absolute atomic E-state index is 2.54. The minimum atomic E-state index is 0.697. The lowest BCUT2D eigenvalue weighted by molar-refractivity contribution is -0.671. The quantitative estimate of drug-likeness (QED) is 0.0475. The summed E-state index contributed by atoms with van der Waals surface area (Å²) in [4.78, 5) is 0. The van der Waals surface area contributed by atoms with Gasteiger partial charge in [0.05, 0.1) is 7.05 Å². The second-order valence-electron chi connectivity index (χ2n) is 16.9. The van der Waals surface area contributed by atoms with Crippen molar-refractivity contribution in [3.63, 3.8) is 0 Å². The van der Waals surface area contributed by atoms with Gasteiger partial charge in [-0.15, -0.1) is 0 Å². The molecule has 1 aromatic heterocycles. The van der Waals surface area contributed by atoms with Crippen molar-refractivity contribution in [1.29, 1.82) is 0 Å². The van der Waals surface area contributed by atoms with Gasteiger partial charge in [-0.25, -0.2) is 9.13 Å². The van der Waals surface area contributed by atoms with E-state index in [-0.39, 0.29) is 0 Å². The van der Waals surface area contributed by atoms with E-state index in [1.54, 1.807) is 0 Å². The summed E-state index contributed by atoms with van der Waals surface area (Å²) in [5, 5.41) is 0. The molecule has 0 aliphatic rings. The molecule has 1 aromatic rings. The van der Waals surface area contributed by atoms with Crippen LogP contribution in [0.4, 0.5) is 0 Å². The molecule has 0 aliphatic heterocycles. The van der Waals surface area contributed by atoms with Crippen LogP contribution in [0.1, 0.15) is 277 Å². The molecule has 0 fully saturated rings. The fourth-order valence-electron chi connectivity index (χ4n) is 8.44. The average molecular weight is 700 g/mol. The molecule has 0 saturated carbocycles. The predicted molar refractivity (Wildman–Crippen MR) is 225 cm³/mol. The molecule has 0 radical (unpaired) electrons. The molecular weight excluding hydrogens is 605 g/mol. The molecule has 1 rings (SSSR count). The molecule has 1 heterocycles. The summed E-state index contributed by atoms with van der Waals surface area (Å²) in [6, 6.07) is 0.697. The monoisotopic (exact) mass is 700 g/mol. The van der Waals surface area contributed by atoms with E-state index in [2.05, 4.69) is 55.7 Å². The Labute approximate surface area is 317 Å². The number of aromatic nitrogens is 2. The molecule has 0 N–H and O–H groups in total. The standard InChI is InChI=1S/C48H95N2/c1-5-8-11-14-17-20-22-24-26-28-31-34-39-47(40-35-32-29-27-25-23-21-18-15-12-9-6-2)41-37-38-43-48(50-45-44-49(4)46-50)42-36-33-30-19-16-13-10-7-3/h44-48H,5-43H2,1-4H3/q+1. The van der Waals surface area contributed by atoms with Gasteiger partial charge >= 0.3 is 0 Å². The summed E-state index contributed by atoms with van der Waals surface area (Å²) in [6.07, 6.45) is 63.6. The lowest BCUT2D eigenvalue weighted by Gasteiger charge is -2.18. The van der Waals surface area contributed by atoms with Gasteiger partial charge in [0.25, 0.3) is 0 Å². The minimum absolute atomic E-state index is 0.697. The molecular formula is C48H95N2+. The summed E-state index contributed by atoms with van der Waals surface area (Å²) < 4.78 is 4.78. The lowest BCUT2D eigenvalue weighted by Crippen LogP contribution is -2.24. The molecule has 0 aliphatic carbocycles. The van der Waals surface area contributed by atoms with Crippen molar-refractivity contribution in [2.75, 3.05) is 0 Å². The Bertz CT molecular complexity index is 740. The van der Waals surface area contributed by atoms with Gasteiger partial charge in [-0.05, 0) is 31.6 Å². The van der Waals surface area contributed by atoms with E-state index in [9.17, 15) is 0 Å². The molecule has 1 unspecified atom stereocenters. The Morgan fingerprint density at radius 2 is 0.620 bits per heavy atom. The average Bonchev–Trinajstić information content (AvgIpc) is 3.56. The number of imidazole rings is 1. The molecule has 0 saturated heterocycles. The Kier molecular flexibility index (Phi) is 35.8. The first kappa shape index (κ1) is 47.2. The van der Waals surface area contributed by atoms with E-state index in [1.165, 1.54) is 250 Å². The van der Waals surface area contributed by atoms with Crippen LogP contribution >= 0.6 is 0 Å². The third-order valence-corrected chi connectivity index (χ3v) is 11.9.